The fourth-order valence-electron chi connectivity index (χ4n) is 2.62. The molecule has 1 fully saturated rings. The topological polar surface area (TPSA) is 81.2 Å². The molecule has 0 saturated carbocycles. The van der Waals surface area contributed by atoms with Gasteiger partial charge in [0, 0.05) is 26.2 Å². The third kappa shape index (κ3) is 2.42. The second-order valence-electron chi connectivity index (χ2n) is 4.97. The van der Waals surface area contributed by atoms with Crippen molar-refractivity contribution in [1.82, 2.24) is 14.1 Å². The monoisotopic (exact) mass is 286 g/mol. The van der Waals surface area contributed by atoms with Crippen molar-refractivity contribution in [3.63, 3.8) is 0 Å². The highest BCUT2D eigenvalue weighted by Crippen LogP contribution is 2.27. The summed E-state index contributed by atoms with van der Waals surface area (Å²) in [5, 5.41) is 4.34. The minimum absolute atomic E-state index is 0.0541. The number of rotatable bonds is 4. The van der Waals surface area contributed by atoms with E-state index in [0.717, 1.165) is 12.1 Å². The molecular weight excluding hydrogens is 264 g/mol. The predicted octanol–water partition coefficient (Wildman–Crippen LogP) is 0.267. The molecule has 0 radical (unpaired) electrons. The summed E-state index contributed by atoms with van der Waals surface area (Å²) in [5.74, 6) is 0. The van der Waals surface area contributed by atoms with E-state index in [4.69, 9.17) is 5.73 Å². The van der Waals surface area contributed by atoms with Crippen molar-refractivity contribution in [1.29, 1.82) is 0 Å². The van der Waals surface area contributed by atoms with Gasteiger partial charge < -0.3 is 5.73 Å². The Bertz CT molecular complexity index is 565. The van der Waals surface area contributed by atoms with Crippen LogP contribution in [0.2, 0.25) is 0 Å². The van der Waals surface area contributed by atoms with Crippen LogP contribution in [0.3, 0.4) is 0 Å². The highest BCUT2D eigenvalue weighted by molar-refractivity contribution is 7.89. The average Bonchev–Trinajstić information content (AvgIpc) is 2.93. The molecule has 0 bridgehead atoms. The lowest BCUT2D eigenvalue weighted by Gasteiger charge is -2.17. The zero-order valence-electron chi connectivity index (χ0n) is 11.8. The van der Waals surface area contributed by atoms with Gasteiger partial charge in [-0.25, -0.2) is 8.42 Å². The van der Waals surface area contributed by atoms with Crippen molar-refractivity contribution < 1.29 is 8.42 Å². The lowest BCUT2D eigenvalue weighted by Crippen LogP contribution is -2.32. The summed E-state index contributed by atoms with van der Waals surface area (Å²) in [7, 11) is -1.67. The number of aryl methyl sites for hydroxylation is 2. The molecule has 0 amide bonds. The van der Waals surface area contributed by atoms with E-state index >= 15 is 0 Å². The molecule has 1 atom stereocenters. The quantitative estimate of drug-likeness (QED) is 0.861. The average molecular weight is 286 g/mol. The first kappa shape index (κ1) is 14.5. The number of nitrogens with zero attached hydrogens (tertiary/aromatic N) is 3. The van der Waals surface area contributed by atoms with Crippen molar-refractivity contribution >= 4 is 10.0 Å². The van der Waals surface area contributed by atoms with Crippen molar-refractivity contribution in [2.24, 2.45) is 12.8 Å². The second-order valence-corrected chi connectivity index (χ2v) is 6.84. The molecule has 19 heavy (non-hydrogen) atoms. The van der Waals surface area contributed by atoms with E-state index in [1.54, 1.807) is 11.7 Å². The fraction of sp³-hybridized carbons (Fsp3) is 0.750. The number of hydrogen-bond acceptors (Lipinski definition) is 4. The molecule has 1 aromatic rings. The zero-order chi connectivity index (χ0) is 14.2. The third-order valence-electron chi connectivity index (χ3n) is 3.64. The molecule has 2 N–H and O–H groups in total. The summed E-state index contributed by atoms with van der Waals surface area (Å²) < 4.78 is 28.7. The summed E-state index contributed by atoms with van der Waals surface area (Å²) in [4.78, 5) is 0.397. The molecule has 108 valence electrons. The molecule has 1 aliphatic rings. The van der Waals surface area contributed by atoms with Crippen molar-refractivity contribution in [2.45, 2.75) is 44.0 Å². The smallest absolute Gasteiger partial charge is 0.246 e. The Kier molecular flexibility index (Phi) is 3.98. The van der Waals surface area contributed by atoms with Crippen LogP contribution in [-0.4, -0.2) is 41.6 Å². The first-order valence-electron chi connectivity index (χ1n) is 6.72. The lowest BCUT2D eigenvalue weighted by molar-refractivity contribution is 0.470. The zero-order valence-corrected chi connectivity index (χ0v) is 12.6. The number of sulfonamides is 1. The van der Waals surface area contributed by atoms with Crippen molar-refractivity contribution in [3.05, 3.63) is 11.4 Å². The maximum absolute atomic E-state index is 12.8. The van der Waals surface area contributed by atoms with Crippen LogP contribution >= 0.6 is 0 Å². The molecule has 6 nitrogen and oxygen atoms in total. The summed E-state index contributed by atoms with van der Waals surface area (Å²) in [6.45, 7) is 4.79. The van der Waals surface area contributed by atoms with Gasteiger partial charge in [0.05, 0.1) is 11.4 Å². The molecule has 2 rings (SSSR count). The normalized spacial score (nSPS) is 21.2. The van der Waals surface area contributed by atoms with Crippen LogP contribution < -0.4 is 5.73 Å². The van der Waals surface area contributed by atoms with Crippen LogP contribution in [0.5, 0.6) is 0 Å². The Labute approximate surface area is 114 Å². The van der Waals surface area contributed by atoms with Crippen LogP contribution in [-0.2, 0) is 29.9 Å². The van der Waals surface area contributed by atoms with Gasteiger partial charge in [-0.05, 0) is 19.3 Å². The van der Waals surface area contributed by atoms with Gasteiger partial charge in [-0.2, -0.15) is 9.40 Å². The first-order valence-corrected chi connectivity index (χ1v) is 8.16. The number of nitrogens with two attached hydrogens (primary N) is 1. The van der Waals surface area contributed by atoms with Crippen LogP contribution in [0.25, 0.3) is 0 Å². The molecule has 1 aromatic heterocycles. The fourth-order valence-corrected chi connectivity index (χ4v) is 4.67. The number of hydrogen-bond donors (Lipinski definition) is 1. The van der Waals surface area contributed by atoms with Crippen molar-refractivity contribution in [3.8, 4) is 0 Å². The van der Waals surface area contributed by atoms with E-state index in [2.05, 4.69) is 5.10 Å². The predicted molar refractivity (Wildman–Crippen MR) is 73.3 cm³/mol. The summed E-state index contributed by atoms with van der Waals surface area (Å²) in [6.07, 6.45) is 1.99. The largest absolute Gasteiger partial charge is 0.326 e. The van der Waals surface area contributed by atoms with E-state index in [1.807, 2.05) is 13.8 Å². The van der Waals surface area contributed by atoms with Crippen LogP contribution in [0.1, 0.15) is 31.7 Å². The Balaban J connectivity index is 2.51. The molecule has 1 aliphatic heterocycles. The van der Waals surface area contributed by atoms with E-state index in [9.17, 15) is 8.42 Å². The van der Waals surface area contributed by atoms with Crippen LogP contribution in [0.15, 0.2) is 4.90 Å². The second kappa shape index (κ2) is 5.22. The van der Waals surface area contributed by atoms with Gasteiger partial charge >= 0.3 is 0 Å². The Morgan fingerprint density at radius 1 is 1.37 bits per heavy atom. The van der Waals surface area contributed by atoms with Crippen LogP contribution in [0.4, 0.5) is 0 Å². The Morgan fingerprint density at radius 3 is 2.53 bits per heavy atom. The van der Waals surface area contributed by atoms with Gasteiger partial charge in [0.15, 0.2) is 0 Å². The highest BCUT2D eigenvalue weighted by Gasteiger charge is 2.35. The molecular formula is C12H22N4O2S. The lowest BCUT2D eigenvalue weighted by atomic mass is 10.2. The van der Waals surface area contributed by atoms with E-state index in [-0.39, 0.29) is 6.04 Å². The molecule has 0 aromatic carbocycles. The third-order valence-corrected chi connectivity index (χ3v) is 5.64. The molecule has 0 spiro atoms. The minimum atomic E-state index is -3.47. The van der Waals surface area contributed by atoms with Crippen LogP contribution in [0, 0.1) is 0 Å². The maximum Gasteiger partial charge on any atom is 0.246 e. The van der Waals surface area contributed by atoms with Gasteiger partial charge in [-0.15, -0.1) is 0 Å². The summed E-state index contributed by atoms with van der Waals surface area (Å²) in [5.41, 5.74) is 7.25. The first-order chi connectivity index (χ1) is 8.91. The molecule has 7 heteroatoms. The van der Waals surface area contributed by atoms with Gasteiger partial charge in [-0.1, -0.05) is 13.8 Å². The van der Waals surface area contributed by atoms with Gasteiger partial charge in [-0.3, -0.25) is 4.68 Å². The SMILES string of the molecule is CCc1nn(C)c(CC)c1S(=O)(=O)N1CC[C@@H](N)C1. The van der Waals surface area contributed by atoms with Crippen molar-refractivity contribution in [2.75, 3.05) is 13.1 Å². The van der Waals surface area contributed by atoms with E-state index in [0.29, 0.717) is 36.5 Å². The summed E-state index contributed by atoms with van der Waals surface area (Å²) in [6, 6.07) is -0.0541. The minimum Gasteiger partial charge on any atom is -0.326 e. The van der Waals surface area contributed by atoms with Gasteiger partial charge in [0.2, 0.25) is 10.0 Å². The maximum atomic E-state index is 12.8. The molecule has 0 aliphatic carbocycles. The van der Waals surface area contributed by atoms with Gasteiger partial charge in [0.1, 0.15) is 4.90 Å². The standard InChI is InChI=1S/C12H22N4O2S/c1-4-10-12(11(5-2)15(3)14-10)19(17,18)16-7-6-9(13)8-16/h9H,4-8,13H2,1-3H3/t9-/m1/s1. The van der Waals surface area contributed by atoms with E-state index < -0.39 is 10.0 Å². The Morgan fingerprint density at radius 2 is 2.05 bits per heavy atom. The number of aromatic nitrogens is 2. The Hall–Kier alpha value is -0.920. The summed E-state index contributed by atoms with van der Waals surface area (Å²) >= 11 is 0. The molecule has 1 saturated heterocycles. The molecule has 2 heterocycles. The highest BCUT2D eigenvalue weighted by atomic mass is 32.2. The van der Waals surface area contributed by atoms with E-state index in [1.165, 1.54) is 4.31 Å². The van der Waals surface area contributed by atoms with Gasteiger partial charge in [0.25, 0.3) is 0 Å². The molecule has 0 unspecified atom stereocenters.